The van der Waals surface area contributed by atoms with Crippen LogP contribution >= 0.6 is 11.3 Å². The molecule has 0 aliphatic carbocycles. The van der Waals surface area contributed by atoms with E-state index in [1.165, 1.54) is 0 Å². The summed E-state index contributed by atoms with van der Waals surface area (Å²) in [6, 6.07) is 6.16. The molecule has 3 aromatic heterocycles. The van der Waals surface area contributed by atoms with Gasteiger partial charge in [0.15, 0.2) is 5.65 Å². The third kappa shape index (κ3) is 3.35. The number of aromatic nitrogens is 3. The van der Waals surface area contributed by atoms with Gasteiger partial charge in [-0.25, -0.2) is 19.3 Å². The molecule has 2 aliphatic heterocycles. The molecule has 2 saturated heterocycles. The number of thiazole rings is 1. The number of nitrogens with zero attached hydrogens (tertiary/aromatic N) is 5. The molecule has 3 aromatic rings. The van der Waals surface area contributed by atoms with Crippen molar-refractivity contribution in [3.63, 3.8) is 0 Å². The van der Waals surface area contributed by atoms with E-state index in [4.69, 9.17) is 0 Å². The van der Waals surface area contributed by atoms with Crippen LogP contribution in [-0.2, 0) is 0 Å². The molecule has 0 amide bonds. The Kier molecular flexibility index (Phi) is 4.37. The zero-order chi connectivity index (χ0) is 18.2. The fourth-order valence-electron chi connectivity index (χ4n) is 3.65. The lowest BCUT2D eigenvalue weighted by molar-refractivity contribution is 0.364. The molecule has 0 unspecified atom stereocenters. The summed E-state index contributed by atoms with van der Waals surface area (Å²) in [5.74, 6) is 0.833. The molecular weight excluding hydrogens is 363 g/mol. The second kappa shape index (κ2) is 7.01. The fourth-order valence-corrected chi connectivity index (χ4v) is 4.60. The van der Waals surface area contributed by atoms with Crippen molar-refractivity contribution in [3.05, 3.63) is 30.6 Å². The maximum atomic E-state index is 13.4. The molecule has 0 spiro atoms. The summed E-state index contributed by atoms with van der Waals surface area (Å²) < 4.78 is 14.5. The van der Waals surface area contributed by atoms with E-state index in [0.29, 0.717) is 13.0 Å². The van der Waals surface area contributed by atoms with Crippen LogP contribution in [0.25, 0.3) is 20.9 Å². The SMILES string of the molecule is F[C@@H]1CCN(c2ccc(-c3nc4ncc(N5CCNCC5)cc4s3)cn2)C1. The highest BCUT2D eigenvalue weighted by atomic mass is 32.1. The minimum Gasteiger partial charge on any atom is -0.368 e. The van der Waals surface area contributed by atoms with Crippen LogP contribution < -0.4 is 15.1 Å². The number of hydrogen-bond donors (Lipinski definition) is 1. The molecule has 27 heavy (non-hydrogen) atoms. The van der Waals surface area contributed by atoms with Gasteiger partial charge in [-0.1, -0.05) is 0 Å². The first-order valence-electron chi connectivity index (χ1n) is 9.34. The monoisotopic (exact) mass is 384 g/mol. The summed E-state index contributed by atoms with van der Waals surface area (Å²) >= 11 is 1.64. The lowest BCUT2D eigenvalue weighted by atomic mass is 10.3. The largest absolute Gasteiger partial charge is 0.368 e. The Bertz CT molecular complexity index is 937. The zero-order valence-corrected chi connectivity index (χ0v) is 15.8. The summed E-state index contributed by atoms with van der Waals surface area (Å²) in [5, 5.41) is 4.29. The molecule has 2 aliphatic rings. The van der Waals surface area contributed by atoms with Crippen LogP contribution in [0.4, 0.5) is 15.9 Å². The van der Waals surface area contributed by atoms with Gasteiger partial charge in [-0.15, -0.1) is 11.3 Å². The number of anilines is 2. The fraction of sp³-hybridized carbons (Fsp3) is 0.421. The van der Waals surface area contributed by atoms with E-state index in [-0.39, 0.29) is 0 Å². The lowest BCUT2D eigenvalue weighted by Gasteiger charge is -2.28. The van der Waals surface area contributed by atoms with Crippen LogP contribution in [0.15, 0.2) is 30.6 Å². The number of rotatable bonds is 3. The van der Waals surface area contributed by atoms with E-state index in [9.17, 15) is 4.39 Å². The lowest BCUT2D eigenvalue weighted by Crippen LogP contribution is -2.43. The predicted octanol–water partition coefficient (Wildman–Crippen LogP) is 2.71. The third-order valence-corrected chi connectivity index (χ3v) is 6.20. The molecule has 5 heterocycles. The summed E-state index contributed by atoms with van der Waals surface area (Å²) in [7, 11) is 0. The van der Waals surface area contributed by atoms with Crippen molar-refractivity contribution >= 4 is 33.2 Å². The highest BCUT2D eigenvalue weighted by Crippen LogP contribution is 2.32. The van der Waals surface area contributed by atoms with E-state index >= 15 is 0 Å². The highest BCUT2D eigenvalue weighted by Gasteiger charge is 2.22. The van der Waals surface area contributed by atoms with Crippen LogP contribution in [0.5, 0.6) is 0 Å². The van der Waals surface area contributed by atoms with Crippen molar-refractivity contribution < 1.29 is 4.39 Å². The smallest absolute Gasteiger partial charge is 0.171 e. The molecule has 140 valence electrons. The molecule has 0 bridgehead atoms. The topological polar surface area (TPSA) is 57.2 Å². The molecular formula is C19H21FN6S. The number of fused-ring (bicyclic) bond motifs is 1. The van der Waals surface area contributed by atoms with Crippen LogP contribution in [-0.4, -0.2) is 60.4 Å². The van der Waals surface area contributed by atoms with Crippen LogP contribution in [0.2, 0.25) is 0 Å². The van der Waals surface area contributed by atoms with Gasteiger partial charge in [0.2, 0.25) is 0 Å². The molecule has 1 atom stereocenters. The van der Waals surface area contributed by atoms with Crippen LogP contribution in [0.1, 0.15) is 6.42 Å². The maximum Gasteiger partial charge on any atom is 0.171 e. The number of alkyl halides is 1. The highest BCUT2D eigenvalue weighted by molar-refractivity contribution is 7.21. The average molecular weight is 384 g/mol. The van der Waals surface area contributed by atoms with Crippen LogP contribution in [0.3, 0.4) is 0 Å². The Labute approximate surface area is 161 Å². The Hall–Kier alpha value is -2.32. The van der Waals surface area contributed by atoms with Gasteiger partial charge in [-0.05, 0) is 24.6 Å². The predicted molar refractivity (Wildman–Crippen MR) is 107 cm³/mol. The first-order chi connectivity index (χ1) is 13.3. The van der Waals surface area contributed by atoms with Crippen molar-refractivity contribution in [2.75, 3.05) is 49.1 Å². The van der Waals surface area contributed by atoms with E-state index in [1.807, 2.05) is 29.4 Å². The number of piperazine rings is 1. The van der Waals surface area contributed by atoms with Gasteiger partial charge >= 0.3 is 0 Å². The number of hydrogen-bond acceptors (Lipinski definition) is 7. The summed E-state index contributed by atoms with van der Waals surface area (Å²) in [4.78, 5) is 18.1. The Morgan fingerprint density at radius 3 is 2.70 bits per heavy atom. The normalized spacial score (nSPS) is 20.6. The first kappa shape index (κ1) is 16.8. The summed E-state index contributed by atoms with van der Waals surface area (Å²) in [5.41, 5.74) is 2.90. The van der Waals surface area contributed by atoms with Crippen molar-refractivity contribution in [1.29, 1.82) is 0 Å². The Morgan fingerprint density at radius 2 is 1.96 bits per heavy atom. The minimum atomic E-state index is -0.744. The molecule has 2 fully saturated rings. The van der Waals surface area contributed by atoms with Gasteiger partial charge < -0.3 is 15.1 Å². The van der Waals surface area contributed by atoms with E-state index in [0.717, 1.165) is 65.1 Å². The molecule has 0 aromatic carbocycles. The Morgan fingerprint density at radius 1 is 1.07 bits per heavy atom. The van der Waals surface area contributed by atoms with Crippen molar-refractivity contribution in [3.8, 4) is 10.6 Å². The average Bonchev–Trinajstić information content (AvgIpc) is 3.34. The van der Waals surface area contributed by atoms with Crippen molar-refractivity contribution in [1.82, 2.24) is 20.3 Å². The molecule has 6 nitrogen and oxygen atoms in total. The molecule has 5 rings (SSSR count). The van der Waals surface area contributed by atoms with Gasteiger partial charge in [0.25, 0.3) is 0 Å². The van der Waals surface area contributed by atoms with Crippen molar-refractivity contribution in [2.24, 2.45) is 0 Å². The molecule has 1 N–H and O–H groups in total. The number of pyridine rings is 2. The second-order valence-corrected chi connectivity index (χ2v) is 8.04. The second-order valence-electron chi connectivity index (χ2n) is 7.01. The first-order valence-corrected chi connectivity index (χ1v) is 10.2. The van der Waals surface area contributed by atoms with Gasteiger partial charge in [-0.3, -0.25) is 0 Å². The van der Waals surface area contributed by atoms with E-state index < -0.39 is 6.17 Å². The van der Waals surface area contributed by atoms with E-state index in [2.05, 4.69) is 31.2 Å². The molecule has 0 radical (unpaired) electrons. The summed E-state index contributed by atoms with van der Waals surface area (Å²) in [6.07, 6.45) is 3.59. The van der Waals surface area contributed by atoms with Crippen LogP contribution in [0, 0.1) is 0 Å². The Balaban J connectivity index is 1.39. The van der Waals surface area contributed by atoms with Gasteiger partial charge in [-0.2, -0.15) is 0 Å². The number of halogens is 1. The van der Waals surface area contributed by atoms with Gasteiger partial charge in [0.1, 0.15) is 17.0 Å². The van der Waals surface area contributed by atoms with Gasteiger partial charge in [0.05, 0.1) is 23.1 Å². The zero-order valence-electron chi connectivity index (χ0n) is 14.9. The molecule has 8 heteroatoms. The summed E-state index contributed by atoms with van der Waals surface area (Å²) in [6.45, 7) is 5.18. The minimum absolute atomic E-state index is 0.437. The number of nitrogens with one attached hydrogen (secondary N) is 1. The van der Waals surface area contributed by atoms with Gasteiger partial charge in [0, 0.05) is 44.5 Å². The maximum absolute atomic E-state index is 13.4. The quantitative estimate of drug-likeness (QED) is 0.749. The molecule has 0 saturated carbocycles. The third-order valence-electron chi connectivity index (χ3n) is 5.16. The van der Waals surface area contributed by atoms with E-state index in [1.54, 1.807) is 11.3 Å². The standard InChI is InChI=1S/C19H21FN6S/c20-14-3-6-26(12-14)17-2-1-13(10-22-17)19-24-18-16(27-19)9-15(11-23-18)25-7-4-21-5-8-25/h1-2,9-11,14,21H,3-8,12H2/t14-/m1/s1. The van der Waals surface area contributed by atoms with Crippen molar-refractivity contribution in [2.45, 2.75) is 12.6 Å².